The first-order valence-corrected chi connectivity index (χ1v) is 4.47. The summed E-state index contributed by atoms with van der Waals surface area (Å²) in [7, 11) is 0. The van der Waals surface area contributed by atoms with Crippen LogP contribution in [0.25, 0.3) is 0 Å². The zero-order chi connectivity index (χ0) is 10.3. The molecular weight excluding hydrogens is 178 g/mol. The molecule has 0 aliphatic carbocycles. The second-order valence-corrected chi connectivity index (χ2v) is 4.09. The van der Waals surface area contributed by atoms with Gasteiger partial charge in [0.2, 0.25) is 0 Å². The monoisotopic (exact) mass is 189 g/mol. The topological polar surface area (TPSA) is 53.2 Å². The standard InChI is InChI=1S/C11H11NO2/c1-11(2)5-8-9(13)4-3-7(6-12)10(8)14-11/h3-4,13H,5H2,1-2H3. The molecule has 0 spiro atoms. The third kappa shape index (κ3) is 1.20. The van der Waals surface area contributed by atoms with Crippen molar-refractivity contribution in [3.63, 3.8) is 0 Å². The maximum atomic E-state index is 9.59. The Morgan fingerprint density at radius 3 is 2.86 bits per heavy atom. The van der Waals surface area contributed by atoms with Gasteiger partial charge in [0.15, 0.2) is 0 Å². The molecule has 14 heavy (non-hydrogen) atoms. The fraction of sp³-hybridized carbons (Fsp3) is 0.364. The molecule has 1 N–H and O–H groups in total. The van der Waals surface area contributed by atoms with E-state index < -0.39 is 0 Å². The molecular formula is C11H11NO2. The van der Waals surface area contributed by atoms with Gasteiger partial charge >= 0.3 is 0 Å². The molecule has 0 aromatic heterocycles. The lowest BCUT2D eigenvalue weighted by Crippen LogP contribution is -2.24. The summed E-state index contributed by atoms with van der Waals surface area (Å²) >= 11 is 0. The van der Waals surface area contributed by atoms with Crippen LogP contribution in [0, 0.1) is 11.3 Å². The van der Waals surface area contributed by atoms with Gasteiger partial charge in [-0.3, -0.25) is 0 Å². The van der Waals surface area contributed by atoms with E-state index in [0.717, 1.165) is 5.56 Å². The molecule has 0 radical (unpaired) electrons. The summed E-state index contributed by atoms with van der Waals surface area (Å²) in [5.74, 6) is 0.752. The van der Waals surface area contributed by atoms with Gasteiger partial charge in [0, 0.05) is 12.0 Å². The van der Waals surface area contributed by atoms with Crippen LogP contribution in [-0.4, -0.2) is 10.7 Å². The molecule has 1 aromatic rings. The number of phenols is 1. The van der Waals surface area contributed by atoms with Crippen LogP contribution in [0.1, 0.15) is 25.0 Å². The molecule has 0 atom stereocenters. The Kier molecular flexibility index (Phi) is 1.68. The molecule has 0 bridgehead atoms. The summed E-state index contributed by atoms with van der Waals surface area (Å²) in [4.78, 5) is 0. The van der Waals surface area contributed by atoms with Crippen molar-refractivity contribution >= 4 is 0 Å². The quantitative estimate of drug-likeness (QED) is 0.678. The molecule has 3 heteroatoms. The molecule has 1 aliphatic heterocycles. The van der Waals surface area contributed by atoms with E-state index in [2.05, 4.69) is 6.07 Å². The summed E-state index contributed by atoms with van der Waals surface area (Å²) in [6.07, 6.45) is 0.643. The van der Waals surface area contributed by atoms with Crippen LogP contribution in [0.3, 0.4) is 0 Å². The van der Waals surface area contributed by atoms with Crippen LogP contribution in [-0.2, 0) is 6.42 Å². The van der Waals surface area contributed by atoms with E-state index in [1.807, 2.05) is 13.8 Å². The minimum atomic E-state index is -0.327. The summed E-state index contributed by atoms with van der Waals surface area (Å²) < 4.78 is 5.61. The van der Waals surface area contributed by atoms with Gasteiger partial charge in [-0.25, -0.2) is 0 Å². The van der Waals surface area contributed by atoms with Crippen molar-refractivity contribution in [1.29, 1.82) is 5.26 Å². The molecule has 0 amide bonds. The van der Waals surface area contributed by atoms with Gasteiger partial charge in [-0.1, -0.05) is 0 Å². The highest BCUT2D eigenvalue weighted by Gasteiger charge is 2.33. The summed E-state index contributed by atoms with van der Waals surface area (Å²) in [6.45, 7) is 3.88. The molecule has 0 saturated carbocycles. The highest BCUT2D eigenvalue weighted by atomic mass is 16.5. The van der Waals surface area contributed by atoms with Gasteiger partial charge in [0.05, 0.1) is 5.56 Å². The molecule has 0 fully saturated rings. The van der Waals surface area contributed by atoms with Crippen LogP contribution in [0.5, 0.6) is 11.5 Å². The van der Waals surface area contributed by atoms with Crippen LogP contribution >= 0.6 is 0 Å². The van der Waals surface area contributed by atoms with Crippen molar-refractivity contribution in [3.8, 4) is 17.6 Å². The predicted octanol–water partition coefficient (Wildman–Crippen LogP) is 1.98. The highest BCUT2D eigenvalue weighted by Crippen LogP contribution is 2.41. The first-order valence-electron chi connectivity index (χ1n) is 4.47. The Hall–Kier alpha value is -1.69. The van der Waals surface area contributed by atoms with Gasteiger partial charge in [-0.15, -0.1) is 0 Å². The third-order valence-corrected chi connectivity index (χ3v) is 2.34. The number of hydrogen-bond donors (Lipinski definition) is 1. The second-order valence-electron chi connectivity index (χ2n) is 4.09. The summed E-state index contributed by atoms with van der Waals surface area (Å²) in [5.41, 5.74) is 0.907. The number of nitriles is 1. The van der Waals surface area contributed by atoms with Crippen molar-refractivity contribution in [2.24, 2.45) is 0 Å². The predicted molar refractivity (Wildman–Crippen MR) is 51.2 cm³/mol. The van der Waals surface area contributed by atoms with Crippen LogP contribution < -0.4 is 4.74 Å². The fourth-order valence-corrected chi connectivity index (χ4v) is 1.73. The smallest absolute Gasteiger partial charge is 0.144 e. The molecule has 2 rings (SSSR count). The zero-order valence-corrected chi connectivity index (χ0v) is 8.16. The lowest BCUT2D eigenvalue weighted by atomic mass is 10.00. The SMILES string of the molecule is CC1(C)Cc2c(O)ccc(C#N)c2O1. The highest BCUT2D eigenvalue weighted by molar-refractivity contribution is 5.57. The Morgan fingerprint density at radius 1 is 1.50 bits per heavy atom. The summed E-state index contributed by atoms with van der Waals surface area (Å²) in [6, 6.07) is 5.18. The average molecular weight is 189 g/mol. The zero-order valence-electron chi connectivity index (χ0n) is 8.16. The molecule has 72 valence electrons. The van der Waals surface area contributed by atoms with Gasteiger partial charge in [0.25, 0.3) is 0 Å². The lowest BCUT2D eigenvalue weighted by Gasteiger charge is -2.17. The number of nitrogens with zero attached hydrogens (tertiary/aromatic N) is 1. The number of aromatic hydroxyl groups is 1. The molecule has 1 aliphatic rings. The Morgan fingerprint density at radius 2 is 2.21 bits per heavy atom. The number of ether oxygens (including phenoxy) is 1. The van der Waals surface area contributed by atoms with Gasteiger partial charge in [-0.05, 0) is 26.0 Å². The normalized spacial score (nSPS) is 16.9. The maximum Gasteiger partial charge on any atom is 0.144 e. The fourth-order valence-electron chi connectivity index (χ4n) is 1.73. The van der Waals surface area contributed by atoms with Crippen molar-refractivity contribution in [2.75, 3.05) is 0 Å². The van der Waals surface area contributed by atoms with E-state index in [1.165, 1.54) is 0 Å². The van der Waals surface area contributed by atoms with Gasteiger partial charge in [0.1, 0.15) is 23.2 Å². The van der Waals surface area contributed by atoms with Crippen molar-refractivity contribution in [1.82, 2.24) is 0 Å². The van der Waals surface area contributed by atoms with Crippen molar-refractivity contribution < 1.29 is 9.84 Å². The van der Waals surface area contributed by atoms with Gasteiger partial charge < -0.3 is 9.84 Å². The minimum absolute atomic E-state index is 0.213. The van der Waals surface area contributed by atoms with Crippen LogP contribution in [0.15, 0.2) is 12.1 Å². The van der Waals surface area contributed by atoms with E-state index in [-0.39, 0.29) is 11.4 Å². The first-order chi connectivity index (χ1) is 6.53. The number of fused-ring (bicyclic) bond motifs is 1. The van der Waals surface area contributed by atoms with E-state index in [1.54, 1.807) is 12.1 Å². The minimum Gasteiger partial charge on any atom is -0.508 e. The largest absolute Gasteiger partial charge is 0.508 e. The molecule has 0 saturated heterocycles. The molecule has 3 nitrogen and oxygen atoms in total. The van der Waals surface area contributed by atoms with Crippen molar-refractivity contribution in [2.45, 2.75) is 25.9 Å². The lowest BCUT2D eigenvalue weighted by molar-refractivity contribution is 0.138. The maximum absolute atomic E-state index is 9.59. The second kappa shape index (κ2) is 2.65. The Balaban J connectivity index is 2.60. The number of phenolic OH excluding ortho intramolecular Hbond substituents is 1. The Labute approximate surface area is 82.6 Å². The van der Waals surface area contributed by atoms with Crippen molar-refractivity contribution in [3.05, 3.63) is 23.3 Å². The number of rotatable bonds is 0. The Bertz CT molecular complexity index is 430. The van der Waals surface area contributed by atoms with Crippen LogP contribution in [0.2, 0.25) is 0 Å². The van der Waals surface area contributed by atoms with E-state index in [0.29, 0.717) is 17.7 Å². The van der Waals surface area contributed by atoms with Crippen LogP contribution in [0.4, 0.5) is 0 Å². The van der Waals surface area contributed by atoms with E-state index in [9.17, 15) is 5.11 Å². The van der Waals surface area contributed by atoms with Gasteiger partial charge in [-0.2, -0.15) is 5.26 Å². The van der Waals surface area contributed by atoms with E-state index in [4.69, 9.17) is 10.00 Å². The number of benzene rings is 1. The van der Waals surface area contributed by atoms with E-state index >= 15 is 0 Å². The average Bonchev–Trinajstić information content (AvgIpc) is 2.42. The molecule has 1 heterocycles. The molecule has 1 aromatic carbocycles. The first kappa shape index (κ1) is 8.89. The molecule has 0 unspecified atom stereocenters. The summed E-state index contributed by atoms with van der Waals surface area (Å²) in [5, 5.41) is 18.4. The third-order valence-electron chi connectivity index (χ3n) is 2.34. The number of hydrogen-bond acceptors (Lipinski definition) is 3.